The van der Waals surface area contributed by atoms with E-state index in [-0.39, 0.29) is 26.1 Å². The molecule has 6 heteroatoms. The van der Waals surface area contributed by atoms with Gasteiger partial charge in [0.1, 0.15) is 0 Å². The zero-order chi connectivity index (χ0) is 19.5. The van der Waals surface area contributed by atoms with Crippen LogP contribution in [0.1, 0.15) is 12.8 Å². The van der Waals surface area contributed by atoms with Crippen molar-refractivity contribution in [3.05, 3.63) is 60.2 Å². The molecular weight excluding hydrogens is 427 g/mol. The van der Waals surface area contributed by atoms with Crippen molar-refractivity contribution in [3.8, 4) is 31.5 Å². The molecule has 1 aromatic heterocycles. The van der Waals surface area contributed by atoms with Crippen LogP contribution >= 0.6 is 0 Å². The number of phenolic OH excluding ortho intramolecular Hbond substituents is 1. The van der Waals surface area contributed by atoms with Gasteiger partial charge >= 0.3 is 169 Å². The molecule has 0 spiro atoms. The third kappa shape index (κ3) is 4.30. The van der Waals surface area contributed by atoms with E-state index in [9.17, 15) is 13.9 Å². The van der Waals surface area contributed by atoms with Gasteiger partial charge in [-0.2, -0.15) is 0 Å². The molecular formula is C22H21F2NO2Se. The first-order valence-electron chi connectivity index (χ1n) is 9.34. The molecule has 3 aromatic rings. The van der Waals surface area contributed by atoms with E-state index in [1.807, 2.05) is 12.1 Å². The molecule has 2 heterocycles. The van der Waals surface area contributed by atoms with E-state index in [1.54, 1.807) is 18.2 Å². The van der Waals surface area contributed by atoms with E-state index < -0.39 is 5.82 Å². The Labute approximate surface area is 168 Å². The van der Waals surface area contributed by atoms with Crippen LogP contribution in [0.2, 0.25) is 0 Å². The maximum absolute atomic E-state index is 14.6. The van der Waals surface area contributed by atoms with Gasteiger partial charge in [0.25, 0.3) is 0 Å². The van der Waals surface area contributed by atoms with E-state index >= 15 is 0 Å². The van der Waals surface area contributed by atoms with E-state index in [4.69, 9.17) is 4.74 Å². The molecule has 3 nitrogen and oxygen atoms in total. The molecule has 1 aliphatic rings. The molecule has 1 saturated heterocycles. The van der Waals surface area contributed by atoms with Crippen molar-refractivity contribution >= 4 is 14.5 Å². The van der Waals surface area contributed by atoms with Crippen LogP contribution in [-0.2, 0) is 0 Å². The topological polar surface area (TPSA) is 32.7 Å². The van der Waals surface area contributed by atoms with Crippen LogP contribution in [-0.4, -0.2) is 50.8 Å². The Kier molecular flexibility index (Phi) is 5.81. The second kappa shape index (κ2) is 8.48. The summed E-state index contributed by atoms with van der Waals surface area (Å²) in [5.74, 6) is -0.367. The number of ether oxygens (including phenoxy) is 1. The number of hydrogen-bond acceptors (Lipinski definition) is 3. The summed E-state index contributed by atoms with van der Waals surface area (Å²) in [6, 6.07) is 12.7. The molecule has 0 unspecified atom stereocenters. The van der Waals surface area contributed by atoms with Crippen molar-refractivity contribution in [2.75, 3.05) is 26.2 Å². The van der Waals surface area contributed by atoms with Gasteiger partial charge in [-0.1, -0.05) is 0 Å². The Bertz CT molecular complexity index is 967. The normalized spacial score (nSPS) is 14.5. The SMILES string of the molecule is Oc1ccc(-c2ccc(-c3ccc(OCCN4CCCC4)cc3F)[se]2)c(F)c1. The van der Waals surface area contributed by atoms with Crippen LogP contribution in [0.3, 0.4) is 0 Å². The van der Waals surface area contributed by atoms with Gasteiger partial charge in [-0.25, -0.2) is 0 Å². The van der Waals surface area contributed by atoms with Crippen LogP contribution < -0.4 is 4.74 Å². The first-order chi connectivity index (χ1) is 13.6. The Balaban J connectivity index is 1.46. The summed E-state index contributed by atoms with van der Waals surface area (Å²) in [4.78, 5) is 2.35. The average Bonchev–Trinajstić information content (AvgIpc) is 3.34. The second-order valence-electron chi connectivity index (χ2n) is 6.87. The maximum atomic E-state index is 14.6. The first kappa shape index (κ1) is 19.2. The van der Waals surface area contributed by atoms with Crippen molar-refractivity contribution in [1.82, 2.24) is 4.90 Å². The third-order valence-corrected chi connectivity index (χ3v) is 7.32. The van der Waals surface area contributed by atoms with Gasteiger partial charge in [-0.3, -0.25) is 0 Å². The van der Waals surface area contributed by atoms with Gasteiger partial charge in [0.15, 0.2) is 0 Å². The van der Waals surface area contributed by atoms with Crippen LogP contribution in [0.4, 0.5) is 8.78 Å². The third-order valence-electron chi connectivity index (χ3n) is 4.91. The summed E-state index contributed by atoms with van der Waals surface area (Å²) < 4.78 is 36.1. The minimum atomic E-state index is -0.468. The molecule has 4 rings (SSSR count). The number of benzene rings is 2. The fourth-order valence-electron chi connectivity index (χ4n) is 3.42. The molecule has 1 aliphatic heterocycles. The van der Waals surface area contributed by atoms with Crippen LogP contribution in [0, 0.1) is 11.6 Å². The Hall–Kier alpha value is -2.14. The molecule has 0 saturated carbocycles. The molecule has 0 amide bonds. The monoisotopic (exact) mass is 449 g/mol. The number of rotatable bonds is 6. The van der Waals surface area contributed by atoms with Gasteiger partial charge in [-0.05, 0) is 0 Å². The zero-order valence-corrected chi connectivity index (χ0v) is 17.0. The van der Waals surface area contributed by atoms with Crippen molar-refractivity contribution in [1.29, 1.82) is 0 Å². The van der Waals surface area contributed by atoms with Gasteiger partial charge < -0.3 is 0 Å². The standard InChI is InChI=1S/C22H21F2NO2Se/c23-19-13-15(26)3-5-17(19)21-7-8-22(28-21)18-6-4-16(14-20(18)24)27-12-11-25-9-1-2-10-25/h3-8,13-14,26H,1-2,9-12H2. The number of halogens is 2. The summed E-state index contributed by atoms with van der Waals surface area (Å²) in [5, 5.41) is 9.36. The Morgan fingerprint density at radius 1 is 0.893 bits per heavy atom. The van der Waals surface area contributed by atoms with Crippen LogP contribution in [0.5, 0.6) is 11.5 Å². The van der Waals surface area contributed by atoms with Crippen molar-refractivity contribution < 1.29 is 18.6 Å². The summed E-state index contributed by atoms with van der Waals surface area (Å²) in [5.41, 5.74) is 0.976. The molecule has 1 fully saturated rings. The first-order valence-corrected chi connectivity index (χ1v) is 11.1. The van der Waals surface area contributed by atoms with Gasteiger partial charge in [0.2, 0.25) is 0 Å². The van der Waals surface area contributed by atoms with Crippen molar-refractivity contribution in [3.63, 3.8) is 0 Å². The van der Waals surface area contributed by atoms with Crippen molar-refractivity contribution in [2.24, 2.45) is 0 Å². The molecule has 146 valence electrons. The number of likely N-dealkylation sites (tertiary alicyclic amines) is 1. The number of nitrogens with zero attached hydrogens (tertiary/aromatic N) is 1. The van der Waals surface area contributed by atoms with Crippen LogP contribution in [0.25, 0.3) is 20.0 Å². The molecule has 0 aliphatic carbocycles. The van der Waals surface area contributed by atoms with Gasteiger partial charge in [0.05, 0.1) is 0 Å². The summed E-state index contributed by atoms with van der Waals surface area (Å²) in [6.07, 6.45) is 2.48. The number of aromatic hydroxyl groups is 1. The van der Waals surface area contributed by atoms with Gasteiger partial charge in [0, 0.05) is 0 Å². The zero-order valence-electron chi connectivity index (χ0n) is 15.3. The predicted molar refractivity (Wildman–Crippen MR) is 107 cm³/mol. The van der Waals surface area contributed by atoms with Crippen LogP contribution in [0.15, 0.2) is 48.5 Å². The fraction of sp³-hybridized carbons (Fsp3) is 0.273. The predicted octanol–water partition coefficient (Wildman–Crippen LogP) is 4.54. The summed E-state index contributed by atoms with van der Waals surface area (Å²) in [7, 11) is 0. The average molecular weight is 448 g/mol. The summed E-state index contributed by atoms with van der Waals surface area (Å²) in [6.45, 7) is 3.65. The molecule has 1 N–H and O–H groups in total. The van der Waals surface area contributed by atoms with E-state index in [0.29, 0.717) is 23.5 Å². The molecule has 0 radical (unpaired) electrons. The van der Waals surface area contributed by atoms with Gasteiger partial charge in [-0.15, -0.1) is 0 Å². The Morgan fingerprint density at radius 3 is 2.18 bits per heavy atom. The molecule has 2 aromatic carbocycles. The molecule has 0 atom stereocenters. The van der Waals surface area contributed by atoms with E-state index in [0.717, 1.165) is 34.6 Å². The Morgan fingerprint density at radius 2 is 1.54 bits per heavy atom. The molecule has 28 heavy (non-hydrogen) atoms. The van der Waals surface area contributed by atoms with E-state index in [1.165, 1.54) is 25.0 Å². The summed E-state index contributed by atoms with van der Waals surface area (Å²) >= 11 is -0.212. The molecule has 0 bridgehead atoms. The van der Waals surface area contributed by atoms with E-state index in [2.05, 4.69) is 4.90 Å². The van der Waals surface area contributed by atoms with Crippen molar-refractivity contribution in [2.45, 2.75) is 12.8 Å². The number of hydrogen-bond donors (Lipinski definition) is 1. The fourth-order valence-corrected chi connectivity index (χ4v) is 5.64. The quantitative estimate of drug-likeness (QED) is 0.563. The second-order valence-corrected chi connectivity index (χ2v) is 9.14. The minimum absolute atomic E-state index is 0.105. The number of phenols is 1.